The fourth-order valence-electron chi connectivity index (χ4n) is 2.28. The minimum Gasteiger partial charge on any atom is -0.261 e. The highest BCUT2D eigenvalue weighted by molar-refractivity contribution is 9.10. The molecule has 4 heterocycles. The van der Waals surface area contributed by atoms with E-state index in [2.05, 4.69) is 41.2 Å². The zero-order chi connectivity index (χ0) is 14.6. The molecule has 0 aliphatic heterocycles. The summed E-state index contributed by atoms with van der Waals surface area (Å²) < 4.78 is 6.13. The van der Waals surface area contributed by atoms with Crippen LogP contribution in [-0.4, -0.2) is 39.1 Å². The van der Waals surface area contributed by atoms with Gasteiger partial charge in [0.15, 0.2) is 17.1 Å². The summed E-state index contributed by atoms with van der Waals surface area (Å²) in [4.78, 5) is 8.97. The zero-order valence-electron chi connectivity index (χ0n) is 11.3. The number of rotatable bonds is 2. The molecule has 0 spiro atoms. The van der Waals surface area contributed by atoms with Crippen molar-refractivity contribution in [3.05, 3.63) is 35.2 Å². The maximum Gasteiger partial charge on any atom is 0.176 e. The highest BCUT2D eigenvalue weighted by atomic mass is 79.9. The van der Waals surface area contributed by atoms with Crippen LogP contribution in [0.5, 0.6) is 0 Å². The Morgan fingerprint density at radius 1 is 1.19 bits per heavy atom. The van der Waals surface area contributed by atoms with Crippen molar-refractivity contribution in [2.24, 2.45) is 7.05 Å². The summed E-state index contributed by atoms with van der Waals surface area (Å²) in [7, 11) is 1.85. The van der Waals surface area contributed by atoms with E-state index in [9.17, 15) is 0 Å². The van der Waals surface area contributed by atoms with Crippen molar-refractivity contribution < 1.29 is 0 Å². The normalized spacial score (nSPS) is 13.3. The third-order valence-electron chi connectivity index (χ3n) is 3.43. The summed E-state index contributed by atoms with van der Waals surface area (Å²) in [5.74, 6) is 0.684. The Morgan fingerprint density at radius 2 is 2.05 bits per heavy atom. The molecule has 1 atom stereocenters. The van der Waals surface area contributed by atoms with E-state index in [1.54, 1.807) is 27.9 Å². The SMILES string of the molecule is CC(c1nc2c3cnn(C)c3ncn2n1)n1cc(Br)cn1. The molecule has 0 saturated carbocycles. The molecule has 0 aliphatic carbocycles. The Morgan fingerprint density at radius 3 is 2.81 bits per heavy atom. The van der Waals surface area contributed by atoms with Gasteiger partial charge in [0.05, 0.1) is 22.3 Å². The molecule has 106 valence electrons. The van der Waals surface area contributed by atoms with Gasteiger partial charge in [-0.05, 0) is 22.9 Å². The molecule has 9 heteroatoms. The fraction of sp³-hybridized carbons (Fsp3) is 0.250. The first-order chi connectivity index (χ1) is 10.1. The molecule has 0 fully saturated rings. The lowest BCUT2D eigenvalue weighted by atomic mass is 10.3. The maximum atomic E-state index is 4.62. The summed E-state index contributed by atoms with van der Waals surface area (Å²) in [6.45, 7) is 2.00. The molecular weight excluding hydrogens is 336 g/mol. The van der Waals surface area contributed by atoms with Crippen molar-refractivity contribution in [1.82, 2.24) is 39.1 Å². The van der Waals surface area contributed by atoms with Crippen molar-refractivity contribution in [2.45, 2.75) is 13.0 Å². The van der Waals surface area contributed by atoms with Gasteiger partial charge in [-0.15, -0.1) is 5.10 Å². The molecule has 0 aromatic carbocycles. The summed E-state index contributed by atoms with van der Waals surface area (Å²) >= 11 is 3.39. The van der Waals surface area contributed by atoms with Gasteiger partial charge in [-0.1, -0.05) is 0 Å². The van der Waals surface area contributed by atoms with Crippen molar-refractivity contribution in [3.63, 3.8) is 0 Å². The molecule has 1 unspecified atom stereocenters. The highest BCUT2D eigenvalue weighted by Gasteiger charge is 2.17. The van der Waals surface area contributed by atoms with Gasteiger partial charge in [0.25, 0.3) is 0 Å². The third-order valence-corrected chi connectivity index (χ3v) is 3.84. The molecule has 0 amide bonds. The smallest absolute Gasteiger partial charge is 0.176 e. The zero-order valence-corrected chi connectivity index (χ0v) is 12.9. The van der Waals surface area contributed by atoms with E-state index in [4.69, 9.17) is 0 Å². The van der Waals surface area contributed by atoms with Gasteiger partial charge in [-0.25, -0.2) is 14.5 Å². The predicted octanol–water partition coefficient (Wildman–Crippen LogP) is 1.58. The van der Waals surface area contributed by atoms with E-state index in [1.807, 2.05) is 24.9 Å². The Labute approximate surface area is 127 Å². The van der Waals surface area contributed by atoms with Crippen LogP contribution in [0, 0.1) is 0 Å². The Kier molecular flexibility index (Phi) is 2.58. The first-order valence-corrected chi connectivity index (χ1v) is 7.15. The average Bonchev–Trinajstić information content (AvgIpc) is 3.16. The predicted molar refractivity (Wildman–Crippen MR) is 78.8 cm³/mol. The van der Waals surface area contributed by atoms with Crippen LogP contribution in [-0.2, 0) is 7.05 Å². The van der Waals surface area contributed by atoms with Crippen LogP contribution in [0.15, 0.2) is 29.4 Å². The second-order valence-corrected chi connectivity index (χ2v) is 5.72. The lowest BCUT2D eigenvalue weighted by Crippen LogP contribution is -2.09. The van der Waals surface area contributed by atoms with Crippen LogP contribution in [0.25, 0.3) is 16.7 Å². The van der Waals surface area contributed by atoms with Crippen LogP contribution in [0.4, 0.5) is 0 Å². The van der Waals surface area contributed by atoms with Gasteiger partial charge in [-0.3, -0.25) is 9.36 Å². The number of fused-ring (bicyclic) bond motifs is 3. The van der Waals surface area contributed by atoms with Gasteiger partial charge < -0.3 is 0 Å². The molecule has 0 aliphatic rings. The molecular formula is C12H11BrN8. The largest absolute Gasteiger partial charge is 0.261 e. The van der Waals surface area contributed by atoms with Gasteiger partial charge >= 0.3 is 0 Å². The number of hydrogen-bond acceptors (Lipinski definition) is 5. The molecule has 0 N–H and O–H groups in total. The molecule has 8 nitrogen and oxygen atoms in total. The van der Waals surface area contributed by atoms with Crippen molar-refractivity contribution in [2.75, 3.05) is 0 Å². The summed E-state index contributed by atoms with van der Waals surface area (Å²) in [5.41, 5.74) is 1.54. The van der Waals surface area contributed by atoms with E-state index in [-0.39, 0.29) is 6.04 Å². The monoisotopic (exact) mass is 346 g/mol. The maximum absolute atomic E-state index is 4.62. The minimum atomic E-state index is -0.0667. The average molecular weight is 347 g/mol. The number of aryl methyl sites for hydroxylation is 1. The lowest BCUT2D eigenvalue weighted by molar-refractivity contribution is 0.536. The van der Waals surface area contributed by atoms with Gasteiger partial charge in [0, 0.05) is 13.2 Å². The first kappa shape index (κ1) is 12.5. The van der Waals surface area contributed by atoms with Gasteiger partial charge in [-0.2, -0.15) is 10.2 Å². The Hall–Kier alpha value is -2.29. The fourth-order valence-corrected chi connectivity index (χ4v) is 2.58. The Bertz CT molecular complexity index is 949. The van der Waals surface area contributed by atoms with Crippen LogP contribution < -0.4 is 0 Å². The van der Waals surface area contributed by atoms with Gasteiger partial charge in [0.2, 0.25) is 0 Å². The summed E-state index contributed by atoms with van der Waals surface area (Å²) in [6, 6.07) is -0.0667. The molecule has 0 bridgehead atoms. The summed E-state index contributed by atoms with van der Waals surface area (Å²) in [5, 5.41) is 13.9. The number of aromatic nitrogens is 8. The molecule has 21 heavy (non-hydrogen) atoms. The molecule has 4 rings (SSSR count). The van der Waals surface area contributed by atoms with E-state index >= 15 is 0 Å². The van der Waals surface area contributed by atoms with Crippen molar-refractivity contribution in [3.8, 4) is 0 Å². The van der Waals surface area contributed by atoms with Crippen LogP contribution in [0.2, 0.25) is 0 Å². The van der Waals surface area contributed by atoms with Gasteiger partial charge in [0.1, 0.15) is 12.4 Å². The second-order valence-electron chi connectivity index (χ2n) is 4.80. The lowest BCUT2D eigenvalue weighted by Gasteiger charge is -2.06. The molecule has 0 radical (unpaired) electrons. The van der Waals surface area contributed by atoms with E-state index in [0.717, 1.165) is 21.2 Å². The second kappa shape index (κ2) is 4.35. The number of halogens is 1. The minimum absolute atomic E-state index is 0.0667. The molecule has 0 saturated heterocycles. The van der Waals surface area contributed by atoms with Crippen molar-refractivity contribution in [1.29, 1.82) is 0 Å². The highest BCUT2D eigenvalue weighted by Crippen LogP contribution is 2.20. The third kappa shape index (κ3) is 1.84. The topological polar surface area (TPSA) is 78.7 Å². The van der Waals surface area contributed by atoms with E-state index in [0.29, 0.717) is 5.82 Å². The summed E-state index contributed by atoms with van der Waals surface area (Å²) in [6.07, 6.45) is 7.05. The first-order valence-electron chi connectivity index (χ1n) is 6.36. The number of nitrogens with zero attached hydrogens (tertiary/aromatic N) is 8. The van der Waals surface area contributed by atoms with Crippen LogP contribution >= 0.6 is 15.9 Å². The van der Waals surface area contributed by atoms with E-state index in [1.165, 1.54) is 0 Å². The Balaban J connectivity index is 1.88. The quantitative estimate of drug-likeness (QED) is 0.550. The number of hydrogen-bond donors (Lipinski definition) is 0. The van der Waals surface area contributed by atoms with Crippen LogP contribution in [0.3, 0.4) is 0 Å². The van der Waals surface area contributed by atoms with Crippen molar-refractivity contribution >= 4 is 32.6 Å². The molecule has 4 aromatic heterocycles. The molecule has 4 aromatic rings. The standard InChI is InChI=1S/C12H11BrN8/c1-7(20-5-8(13)3-16-20)10-17-12-9-4-15-19(2)11(9)14-6-21(12)18-10/h3-7H,1-2H3. The van der Waals surface area contributed by atoms with E-state index < -0.39 is 0 Å². The van der Waals surface area contributed by atoms with Crippen LogP contribution in [0.1, 0.15) is 18.8 Å².